The predicted molar refractivity (Wildman–Crippen MR) is 303 cm³/mol. The first-order chi connectivity index (χ1) is 34.5. The summed E-state index contributed by atoms with van der Waals surface area (Å²) in [5.41, 5.74) is 0. The fraction of sp³-hybridized carbons (Fsp3) is 0.922. The molecular weight excluding hydrogens is 865 g/mol. The molecule has 0 aromatic carbocycles. The highest BCUT2D eigenvalue weighted by Gasteiger charge is 2.19. The topological polar surface area (TPSA) is 78.9 Å². The molecule has 0 radical (unpaired) electrons. The van der Waals surface area contributed by atoms with Gasteiger partial charge in [-0.25, -0.2) is 0 Å². The molecule has 0 N–H and O–H groups in total. The molecule has 0 aromatic heterocycles. The number of esters is 3. The Labute approximate surface area is 437 Å². The molecule has 0 aliphatic heterocycles. The smallest absolute Gasteiger partial charge is 0.306 e. The van der Waals surface area contributed by atoms with E-state index in [0.29, 0.717) is 19.3 Å². The zero-order valence-corrected chi connectivity index (χ0v) is 47.6. The first-order valence-electron chi connectivity index (χ1n) is 31.7. The minimum atomic E-state index is -0.768. The van der Waals surface area contributed by atoms with Crippen LogP contribution in [0.4, 0.5) is 0 Å². The standard InChI is InChI=1S/C64H122O6/c1-4-7-10-13-16-19-22-25-28-30-32-33-35-36-39-42-45-48-51-54-57-63(66)69-60-61(59-68-62(65)56-53-50-47-44-41-38-27-24-21-18-15-12-9-6-3)70-64(67)58-55-52-49-46-43-40-37-34-31-29-26-23-20-17-14-11-8-5-2/h24,27,61H,4-23,25-26,28-60H2,1-3H3/b27-24-. The molecule has 0 fully saturated rings. The maximum Gasteiger partial charge on any atom is 0.306 e. The van der Waals surface area contributed by atoms with Crippen LogP contribution in [0, 0.1) is 0 Å². The van der Waals surface area contributed by atoms with Gasteiger partial charge in [-0.3, -0.25) is 14.4 Å². The molecule has 6 heteroatoms. The first-order valence-corrected chi connectivity index (χ1v) is 31.7. The third kappa shape index (κ3) is 57.1. The number of allylic oxidation sites excluding steroid dienone is 2. The molecule has 0 spiro atoms. The van der Waals surface area contributed by atoms with E-state index in [0.717, 1.165) is 64.2 Å². The molecule has 1 unspecified atom stereocenters. The van der Waals surface area contributed by atoms with Crippen LogP contribution >= 0.6 is 0 Å². The Morgan fingerprint density at radius 1 is 0.271 bits per heavy atom. The molecule has 6 nitrogen and oxygen atoms in total. The van der Waals surface area contributed by atoms with Crippen LogP contribution in [0.2, 0.25) is 0 Å². The van der Waals surface area contributed by atoms with Crippen molar-refractivity contribution in [1.29, 1.82) is 0 Å². The number of carbonyl (C=O) groups is 3. The molecule has 1 atom stereocenters. The van der Waals surface area contributed by atoms with Gasteiger partial charge in [-0.1, -0.05) is 309 Å². The van der Waals surface area contributed by atoms with Crippen LogP contribution in [0.1, 0.15) is 361 Å². The predicted octanol–water partition coefficient (Wildman–Crippen LogP) is 21.3. The Bertz CT molecular complexity index is 1090. The zero-order valence-electron chi connectivity index (χ0n) is 47.6. The zero-order chi connectivity index (χ0) is 50.7. The molecule has 0 amide bonds. The number of unbranched alkanes of at least 4 members (excludes halogenated alkanes) is 46. The van der Waals surface area contributed by atoms with Crippen LogP contribution in [0.3, 0.4) is 0 Å². The average molecular weight is 988 g/mol. The van der Waals surface area contributed by atoms with Crippen molar-refractivity contribution in [2.24, 2.45) is 0 Å². The lowest BCUT2D eigenvalue weighted by Gasteiger charge is -2.18. The second kappa shape index (κ2) is 59.7. The van der Waals surface area contributed by atoms with Gasteiger partial charge in [0.1, 0.15) is 13.2 Å². The molecule has 0 saturated carbocycles. The Morgan fingerprint density at radius 2 is 0.471 bits per heavy atom. The van der Waals surface area contributed by atoms with Gasteiger partial charge < -0.3 is 14.2 Å². The van der Waals surface area contributed by atoms with Crippen molar-refractivity contribution in [3.8, 4) is 0 Å². The Balaban J connectivity index is 4.28. The molecule has 0 bridgehead atoms. The normalized spacial score (nSPS) is 12.0. The Hall–Kier alpha value is -1.85. The lowest BCUT2D eigenvalue weighted by atomic mass is 10.0. The molecular formula is C64H122O6. The van der Waals surface area contributed by atoms with Gasteiger partial charge in [0.05, 0.1) is 0 Å². The van der Waals surface area contributed by atoms with E-state index >= 15 is 0 Å². The van der Waals surface area contributed by atoms with E-state index in [9.17, 15) is 14.4 Å². The summed E-state index contributed by atoms with van der Waals surface area (Å²) in [4.78, 5) is 38.3. The third-order valence-corrected chi connectivity index (χ3v) is 14.5. The summed E-state index contributed by atoms with van der Waals surface area (Å²) in [6.07, 6.45) is 69.3. The number of ether oxygens (including phenoxy) is 3. The maximum absolute atomic E-state index is 12.9. The lowest BCUT2D eigenvalue weighted by molar-refractivity contribution is -0.167. The van der Waals surface area contributed by atoms with Crippen molar-refractivity contribution in [2.45, 2.75) is 367 Å². The summed E-state index contributed by atoms with van der Waals surface area (Å²) in [5, 5.41) is 0. The van der Waals surface area contributed by atoms with E-state index in [4.69, 9.17) is 14.2 Å². The van der Waals surface area contributed by atoms with Crippen LogP contribution in [0.5, 0.6) is 0 Å². The van der Waals surface area contributed by atoms with Crippen molar-refractivity contribution in [3.63, 3.8) is 0 Å². The summed E-state index contributed by atoms with van der Waals surface area (Å²) in [6.45, 7) is 6.70. The van der Waals surface area contributed by atoms with E-state index in [1.54, 1.807) is 0 Å². The van der Waals surface area contributed by atoms with Crippen molar-refractivity contribution >= 4 is 17.9 Å². The fourth-order valence-corrected chi connectivity index (χ4v) is 9.74. The Kier molecular flexibility index (Phi) is 58.1. The van der Waals surface area contributed by atoms with Crippen LogP contribution in [-0.4, -0.2) is 37.2 Å². The highest BCUT2D eigenvalue weighted by Crippen LogP contribution is 2.18. The third-order valence-electron chi connectivity index (χ3n) is 14.5. The van der Waals surface area contributed by atoms with Gasteiger partial charge in [0.15, 0.2) is 6.10 Å². The van der Waals surface area contributed by atoms with Crippen molar-refractivity contribution < 1.29 is 28.6 Å². The van der Waals surface area contributed by atoms with Gasteiger partial charge in [0.2, 0.25) is 0 Å². The van der Waals surface area contributed by atoms with Crippen LogP contribution in [-0.2, 0) is 28.6 Å². The van der Waals surface area contributed by atoms with Crippen molar-refractivity contribution in [3.05, 3.63) is 12.2 Å². The molecule has 0 saturated heterocycles. The second-order valence-electron chi connectivity index (χ2n) is 21.7. The quantitative estimate of drug-likeness (QED) is 0.0261. The van der Waals surface area contributed by atoms with Crippen LogP contribution in [0.25, 0.3) is 0 Å². The molecule has 0 aliphatic rings. The number of carbonyl (C=O) groups excluding carboxylic acids is 3. The van der Waals surface area contributed by atoms with Crippen LogP contribution in [0.15, 0.2) is 12.2 Å². The molecule has 414 valence electrons. The molecule has 0 aliphatic carbocycles. The number of rotatable bonds is 59. The van der Waals surface area contributed by atoms with Crippen molar-refractivity contribution in [1.82, 2.24) is 0 Å². The monoisotopic (exact) mass is 987 g/mol. The second-order valence-corrected chi connectivity index (χ2v) is 21.7. The Morgan fingerprint density at radius 3 is 0.714 bits per heavy atom. The minimum Gasteiger partial charge on any atom is -0.462 e. The lowest BCUT2D eigenvalue weighted by Crippen LogP contribution is -2.30. The van der Waals surface area contributed by atoms with Gasteiger partial charge in [0, 0.05) is 19.3 Å². The maximum atomic E-state index is 12.9. The van der Waals surface area contributed by atoms with Gasteiger partial charge in [-0.05, 0) is 44.9 Å². The minimum absolute atomic E-state index is 0.0660. The summed E-state index contributed by atoms with van der Waals surface area (Å²) >= 11 is 0. The number of hydrogen-bond donors (Lipinski definition) is 0. The van der Waals surface area contributed by atoms with Gasteiger partial charge >= 0.3 is 17.9 Å². The van der Waals surface area contributed by atoms with E-state index in [-0.39, 0.29) is 31.1 Å². The highest BCUT2D eigenvalue weighted by molar-refractivity contribution is 5.71. The fourth-order valence-electron chi connectivity index (χ4n) is 9.74. The van der Waals surface area contributed by atoms with Gasteiger partial charge in [-0.15, -0.1) is 0 Å². The first kappa shape index (κ1) is 68.2. The summed E-state index contributed by atoms with van der Waals surface area (Å²) < 4.78 is 16.9. The SMILES string of the molecule is CCCCCCC/C=C\CCCCCCCC(=O)OCC(COC(=O)CCCCCCCCCCCCCCCCCCCCCC)OC(=O)CCCCCCCCCCCCCCCCCCCC. The summed E-state index contributed by atoms with van der Waals surface area (Å²) in [7, 11) is 0. The summed E-state index contributed by atoms with van der Waals surface area (Å²) in [6, 6.07) is 0. The van der Waals surface area contributed by atoms with E-state index in [1.165, 1.54) is 257 Å². The van der Waals surface area contributed by atoms with Crippen LogP contribution < -0.4 is 0 Å². The number of hydrogen-bond acceptors (Lipinski definition) is 6. The average Bonchev–Trinajstić information content (AvgIpc) is 3.36. The van der Waals surface area contributed by atoms with Gasteiger partial charge in [0.25, 0.3) is 0 Å². The molecule has 70 heavy (non-hydrogen) atoms. The molecule has 0 rings (SSSR count). The highest BCUT2D eigenvalue weighted by atomic mass is 16.6. The van der Waals surface area contributed by atoms with Gasteiger partial charge in [-0.2, -0.15) is 0 Å². The van der Waals surface area contributed by atoms with Crippen molar-refractivity contribution in [2.75, 3.05) is 13.2 Å². The van der Waals surface area contributed by atoms with E-state index in [2.05, 4.69) is 32.9 Å². The largest absolute Gasteiger partial charge is 0.462 e. The molecule has 0 heterocycles. The summed E-state index contributed by atoms with van der Waals surface area (Å²) in [5.74, 6) is -0.845. The van der Waals surface area contributed by atoms with E-state index in [1.807, 2.05) is 0 Å². The molecule has 0 aromatic rings. The van der Waals surface area contributed by atoms with E-state index < -0.39 is 6.10 Å².